The van der Waals surface area contributed by atoms with Gasteiger partial charge >= 0.3 is 6.36 Å². The molecular formula is C40H31BrF3N3O6. The number of carbonyl (C=O) groups excluding carboxylic acids is 4. The number of imide groups is 2. The van der Waals surface area contributed by atoms with Gasteiger partial charge in [0.2, 0.25) is 11.8 Å². The van der Waals surface area contributed by atoms with Crippen LogP contribution in [0, 0.1) is 30.6 Å². The molecule has 8 rings (SSSR count). The quantitative estimate of drug-likeness (QED) is 0.153. The van der Waals surface area contributed by atoms with Crippen molar-refractivity contribution in [1.29, 1.82) is 0 Å². The largest absolute Gasteiger partial charge is 0.573 e. The number of ether oxygens (including phenoxy) is 1. The van der Waals surface area contributed by atoms with E-state index in [-0.39, 0.29) is 18.4 Å². The zero-order chi connectivity index (χ0) is 37.4. The molecule has 9 nitrogen and oxygen atoms in total. The van der Waals surface area contributed by atoms with Crippen molar-refractivity contribution in [1.82, 2.24) is 5.01 Å². The predicted molar refractivity (Wildman–Crippen MR) is 190 cm³/mol. The molecule has 4 amide bonds. The Bertz CT molecular complexity index is 2190. The molecule has 0 unspecified atom stereocenters. The number of halogens is 4. The number of amides is 4. The highest BCUT2D eigenvalue weighted by Crippen LogP contribution is 2.65. The molecule has 4 aromatic rings. The second-order valence-electron chi connectivity index (χ2n) is 13.8. The van der Waals surface area contributed by atoms with Crippen LogP contribution in [0.4, 0.5) is 24.5 Å². The molecule has 13 heteroatoms. The zero-order valence-electron chi connectivity index (χ0n) is 28.0. The molecule has 2 heterocycles. The Kier molecular flexibility index (Phi) is 8.24. The van der Waals surface area contributed by atoms with Crippen LogP contribution < -0.4 is 15.1 Å². The van der Waals surface area contributed by atoms with Gasteiger partial charge in [0.1, 0.15) is 11.5 Å². The molecular weight excluding hydrogens is 755 g/mol. The average molecular weight is 787 g/mol. The Labute approximate surface area is 310 Å². The number of hydrogen-bond acceptors (Lipinski definition) is 7. The van der Waals surface area contributed by atoms with Crippen molar-refractivity contribution < 1.29 is 42.2 Å². The number of phenols is 1. The summed E-state index contributed by atoms with van der Waals surface area (Å²) in [6, 6.07) is 25.3. The molecule has 0 spiro atoms. The van der Waals surface area contributed by atoms with Crippen molar-refractivity contribution in [3.8, 4) is 11.5 Å². The van der Waals surface area contributed by atoms with Crippen molar-refractivity contribution in [3.05, 3.63) is 130 Å². The van der Waals surface area contributed by atoms with E-state index in [0.29, 0.717) is 22.5 Å². The average Bonchev–Trinajstić information content (AvgIpc) is 3.51. The van der Waals surface area contributed by atoms with E-state index in [9.17, 15) is 32.7 Å². The summed E-state index contributed by atoms with van der Waals surface area (Å²) in [5.74, 6) is -8.20. The van der Waals surface area contributed by atoms with Crippen LogP contribution in [0.15, 0.2) is 113 Å². The van der Waals surface area contributed by atoms with Gasteiger partial charge in [-0.15, -0.1) is 13.2 Å². The molecule has 3 fully saturated rings. The van der Waals surface area contributed by atoms with Crippen molar-refractivity contribution in [2.45, 2.75) is 37.5 Å². The number of hydrazine groups is 1. The molecule has 1 saturated carbocycles. The highest BCUT2D eigenvalue weighted by molar-refractivity contribution is 9.10. The maximum Gasteiger partial charge on any atom is 0.573 e. The van der Waals surface area contributed by atoms with Crippen molar-refractivity contribution in [2.24, 2.45) is 23.7 Å². The maximum absolute atomic E-state index is 15.2. The molecule has 2 saturated heterocycles. The first-order valence-corrected chi connectivity index (χ1v) is 17.8. The standard InChI is InChI=1S/C40H31BrF3N3O6/c1-21-7-11-24(12-8-21)45-47-36(50)31-20-29-27(16-17-28-33(29)37(51)46(35(28)49)25-13-9-23(41)10-14-25)34(39(31,38(47)52)22-5-3-2-4-6-22)30-19-26(15-18-32(30)48)53-40(42,43)44/h2-16,18-19,28-29,31,33-34,45,48H,17,20H2,1H3/t28-,29+,31-,33-,34+,39+/m0/s1. The van der Waals surface area contributed by atoms with Crippen LogP contribution in [0.3, 0.4) is 0 Å². The van der Waals surface area contributed by atoms with E-state index in [2.05, 4.69) is 26.1 Å². The fraction of sp³-hybridized carbons (Fsp3) is 0.250. The number of benzene rings is 4. The second-order valence-corrected chi connectivity index (χ2v) is 14.8. The lowest BCUT2D eigenvalue weighted by Crippen LogP contribution is -2.53. The SMILES string of the molecule is Cc1ccc(NN2C(=O)[C@@H]3C[C@@H]4C(=CC[C@@H]5C(=O)N(c6ccc(Br)cc6)C(=O)[C@@H]54)[C@H](c4cc(OC(F)(F)F)ccc4O)[C@]3(c3ccccc3)C2=O)cc1. The van der Waals surface area contributed by atoms with Crippen LogP contribution in [0.1, 0.15) is 35.4 Å². The Balaban J connectivity index is 1.34. The molecule has 6 atom stereocenters. The van der Waals surface area contributed by atoms with Crippen molar-refractivity contribution in [2.75, 3.05) is 10.3 Å². The molecule has 4 aliphatic rings. The molecule has 2 aliphatic carbocycles. The number of carbonyl (C=O) groups is 4. The number of anilines is 2. The van der Waals surface area contributed by atoms with Crippen LogP contribution in [0.2, 0.25) is 0 Å². The minimum atomic E-state index is -5.07. The predicted octanol–water partition coefficient (Wildman–Crippen LogP) is 7.55. The summed E-state index contributed by atoms with van der Waals surface area (Å²) in [6.07, 6.45) is -3.24. The first-order chi connectivity index (χ1) is 25.3. The lowest BCUT2D eigenvalue weighted by Gasteiger charge is -2.50. The highest BCUT2D eigenvalue weighted by Gasteiger charge is 2.70. The fourth-order valence-electron chi connectivity index (χ4n) is 8.90. The van der Waals surface area contributed by atoms with Gasteiger partial charge in [-0.05, 0) is 85.8 Å². The monoisotopic (exact) mass is 785 g/mol. The number of hydrogen-bond donors (Lipinski definition) is 2. The van der Waals surface area contributed by atoms with Gasteiger partial charge in [-0.1, -0.05) is 75.6 Å². The molecule has 0 aromatic heterocycles. The topological polar surface area (TPSA) is 116 Å². The third-order valence-electron chi connectivity index (χ3n) is 11.0. The van der Waals surface area contributed by atoms with Gasteiger partial charge in [0.15, 0.2) is 0 Å². The molecule has 0 bridgehead atoms. The number of nitrogens with one attached hydrogen (secondary N) is 1. The lowest BCUT2D eigenvalue weighted by atomic mass is 9.49. The number of alkyl halides is 3. The van der Waals surface area contributed by atoms with Gasteiger partial charge < -0.3 is 9.84 Å². The number of phenolic OH excluding ortho intramolecular Hbond substituents is 1. The van der Waals surface area contributed by atoms with Gasteiger partial charge in [0.05, 0.1) is 34.5 Å². The Morgan fingerprint density at radius 3 is 2.25 bits per heavy atom. The van der Waals surface area contributed by atoms with Crippen LogP contribution >= 0.6 is 15.9 Å². The first kappa shape index (κ1) is 34.6. The number of aromatic hydroxyl groups is 1. The third kappa shape index (κ3) is 5.51. The normalized spacial score (nSPS) is 26.6. The van der Waals surface area contributed by atoms with Crippen molar-refractivity contribution >= 4 is 50.9 Å². The van der Waals surface area contributed by atoms with Gasteiger partial charge in [-0.2, -0.15) is 5.01 Å². The molecule has 4 aromatic carbocycles. The molecule has 2 aliphatic heterocycles. The summed E-state index contributed by atoms with van der Waals surface area (Å²) in [7, 11) is 0. The van der Waals surface area contributed by atoms with Gasteiger partial charge in [-0.25, -0.2) is 0 Å². The number of rotatable bonds is 6. The van der Waals surface area contributed by atoms with Gasteiger partial charge in [0, 0.05) is 16.0 Å². The van der Waals surface area contributed by atoms with Crippen LogP contribution in [-0.2, 0) is 24.6 Å². The summed E-state index contributed by atoms with van der Waals surface area (Å²) in [6.45, 7) is 1.89. The summed E-state index contributed by atoms with van der Waals surface area (Å²) < 4.78 is 45.8. The highest BCUT2D eigenvalue weighted by atomic mass is 79.9. The summed E-state index contributed by atoms with van der Waals surface area (Å²) >= 11 is 3.38. The van der Waals surface area contributed by atoms with E-state index in [1.165, 1.54) is 0 Å². The molecule has 0 radical (unpaired) electrons. The van der Waals surface area contributed by atoms with Crippen LogP contribution in [0.5, 0.6) is 11.5 Å². The van der Waals surface area contributed by atoms with Crippen molar-refractivity contribution in [3.63, 3.8) is 0 Å². The Hall–Kier alpha value is -5.43. The number of nitrogens with zero attached hydrogens (tertiary/aromatic N) is 2. The van der Waals surface area contributed by atoms with Gasteiger partial charge in [-0.3, -0.25) is 29.5 Å². The minimum absolute atomic E-state index is 0.0260. The molecule has 270 valence electrons. The van der Waals surface area contributed by atoms with E-state index >= 15 is 4.79 Å². The summed E-state index contributed by atoms with van der Waals surface area (Å²) in [5.41, 5.74) is 3.72. The van der Waals surface area contributed by atoms with Crippen LogP contribution in [-0.4, -0.2) is 40.1 Å². The molecule has 53 heavy (non-hydrogen) atoms. The number of fused-ring (bicyclic) bond motifs is 4. The third-order valence-corrected chi connectivity index (χ3v) is 11.6. The minimum Gasteiger partial charge on any atom is -0.508 e. The van der Waals surface area contributed by atoms with E-state index in [1.807, 2.05) is 6.92 Å². The number of aryl methyl sites for hydroxylation is 1. The smallest absolute Gasteiger partial charge is 0.508 e. The zero-order valence-corrected chi connectivity index (χ0v) is 29.6. The van der Waals surface area contributed by atoms with E-state index < -0.39 is 76.5 Å². The molecule has 2 N–H and O–H groups in total. The van der Waals surface area contributed by atoms with E-state index in [1.54, 1.807) is 84.9 Å². The van der Waals surface area contributed by atoms with Crippen LogP contribution in [0.25, 0.3) is 0 Å². The first-order valence-electron chi connectivity index (χ1n) is 17.0. The number of allylic oxidation sites excluding steroid dienone is 2. The maximum atomic E-state index is 15.2. The Morgan fingerprint density at radius 2 is 1.57 bits per heavy atom. The van der Waals surface area contributed by atoms with E-state index in [0.717, 1.165) is 38.1 Å². The lowest BCUT2D eigenvalue weighted by molar-refractivity contribution is -0.274. The van der Waals surface area contributed by atoms with Gasteiger partial charge in [0.25, 0.3) is 11.8 Å². The Morgan fingerprint density at radius 1 is 0.868 bits per heavy atom. The second kappa shape index (κ2) is 12.6. The summed E-state index contributed by atoms with van der Waals surface area (Å²) in [5, 5.41) is 12.4. The summed E-state index contributed by atoms with van der Waals surface area (Å²) in [4.78, 5) is 59.5. The van der Waals surface area contributed by atoms with E-state index in [4.69, 9.17) is 0 Å². The fourth-order valence-corrected chi connectivity index (χ4v) is 9.16.